The number of hydrogen-bond acceptors (Lipinski definition) is 5. The lowest BCUT2D eigenvalue weighted by Crippen LogP contribution is -2.24. The van der Waals surface area contributed by atoms with Crippen molar-refractivity contribution in [3.63, 3.8) is 0 Å². The van der Waals surface area contributed by atoms with Crippen LogP contribution >= 0.6 is 23.4 Å². The third-order valence-corrected chi connectivity index (χ3v) is 5.23. The van der Waals surface area contributed by atoms with Crippen molar-refractivity contribution < 1.29 is 14.3 Å². The van der Waals surface area contributed by atoms with Crippen LogP contribution in [-0.2, 0) is 4.79 Å². The maximum absolute atomic E-state index is 12.7. The van der Waals surface area contributed by atoms with E-state index in [9.17, 15) is 4.79 Å². The number of carbonyl (C=O) groups excluding carboxylic acids is 1. The highest BCUT2D eigenvalue weighted by molar-refractivity contribution is 8.00. The van der Waals surface area contributed by atoms with Crippen LogP contribution in [0.4, 0.5) is 11.4 Å². The predicted molar refractivity (Wildman–Crippen MR) is 104 cm³/mol. The number of halogens is 1. The highest BCUT2D eigenvalue weighted by atomic mass is 35.5. The zero-order chi connectivity index (χ0) is 18.4. The Morgan fingerprint density at radius 1 is 1.20 bits per heavy atom. The Hall–Kier alpha value is -2.05. The van der Waals surface area contributed by atoms with Crippen molar-refractivity contribution in [1.29, 1.82) is 0 Å². The predicted octanol–water partition coefficient (Wildman–Crippen LogP) is 4.45. The summed E-state index contributed by atoms with van der Waals surface area (Å²) in [4.78, 5) is 13.6. The second-order valence-corrected chi connectivity index (χ2v) is 6.94. The normalized spacial score (nSPS) is 11.7. The topological polar surface area (TPSA) is 73.6 Å². The van der Waals surface area contributed by atoms with Gasteiger partial charge in [-0.3, -0.25) is 4.79 Å². The molecule has 1 amide bonds. The molecule has 0 aliphatic rings. The number of thioether (sulfide) groups is 1. The van der Waals surface area contributed by atoms with E-state index in [0.29, 0.717) is 34.3 Å². The van der Waals surface area contributed by atoms with E-state index in [1.54, 1.807) is 12.1 Å². The van der Waals surface area contributed by atoms with Crippen LogP contribution in [0.3, 0.4) is 0 Å². The van der Waals surface area contributed by atoms with Gasteiger partial charge in [-0.05, 0) is 36.8 Å². The molecule has 0 saturated carbocycles. The van der Waals surface area contributed by atoms with Crippen molar-refractivity contribution >= 4 is 40.6 Å². The SMILES string of the molecule is CCC(Sc1ccc(N)cc1)C(=O)Nc1cc(Cl)c(OC)cc1OC. The van der Waals surface area contributed by atoms with Gasteiger partial charge >= 0.3 is 0 Å². The molecule has 1 unspecified atom stereocenters. The average Bonchev–Trinajstić information content (AvgIpc) is 2.61. The second kappa shape index (κ2) is 8.87. The third kappa shape index (κ3) is 4.96. The van der Waals surface area contributed by atoms with Gasteiger partial charge in [0.2, 0.25) is 5.91 Å². The Morgan fingerprint density at radius 3 is 2.40 bits per heavy atom. The molecule has 3 N–H and O–H groups in total. The number of nitrogen functional groups attached to an aromatic ring is 1. The van der Waals surface area contributed by atoms with Crippen LogP contribution < -0.4 is 20.5 Å². The van der Waals surface area contributed by atoms with Crippen LogP contribution in [0.1, 0.15) is 13.3 Å². The van der Waals surface area contributed by atoms with Crippen LogP contribution in [0.15, 0.2) is 41.3 Å². The van der Waals surface area contributed by atoms with E-state index < -0.39 is 0 Å². The van der Waals surface area contributed by atoms with Crippen molar-refractivity contribution in [1.82, 2.24) is 0 Å². The quantitative estimate of drug-likeness (QED) is 0.548. The average molecular weight is 381 g/mol. The van der Waals surface area contributed by atoms with Crippen molar-refractivity contribution in [3.05, 3.63) is 41.4 Å². The first-order valence-electron chi connectivity index (χ1n) is 7.73. The molecule has 2 aromatic rings. The molecule has 0 saturated heterocycles. The number of benzene rings is 2. The van der Waals surface area contributed by atoms with Crippen LogP contribution in [0.25, 0.3) is 0 Å². The molecule has 0 bridgehead atoms. The van der Waals surface area contributed by atoms with Crippen molar-refractivity contribution in [3.8, 4) is 11.5 Å². The Bertz CT molecular complexity index is 738. The van der Waals surface area contributed by atoms with E-state index in [1.165, 1.54) is 26.0 Å². The maximum Gasteiger partial charge on any atom is 0.237 e. The summed E-state index contributed by atoms with van der Waals surface area (Å²) in [6.07, 6.45) is 0.674. The summed E-state index contributed by atoms with van der Waals surface area (Å²) < 4.78 is 10.5. The van der Waals surface area contributed by atoms with E-state index >= 15 is 0 Å². The van der Waals surface area contributed by atoms with Gasteiger partial charge in [0.1, 0.15) is 11.5 Å². The molecule has 25 heavy (non-hydrogen) atoms. The van der Waals surface area contributed by atoms with Crippen LogP contribution in [0, 0.1) is 0 Å². The van der Waals surface area contributed by atoms with Crippen LogP contribution in [-0.4, -0.2) is 25.4 Å². The monoisotopic (exact) mass is 380 g/mol. The number of ether oxygens (including phenoxy) is 2. The molecule has 1 atom stereocenters. The van der Waals surface area contributed by atoms with Gasteiger partial charge in [0.15, 0.2) is 0 Å². The van der Waals surface area contributed by atoms with E-state index in [0.717, 1.165) is 4.90 Å². The van der Waals surface area contributed by atoms with E-state index in [1.807, 2.05) is 31.2 Å². The third-order valence-electron chi connectivity index (χ3n) is 3.55. The van der Waals surface area contributed by atoms with Crippen molar-refractivity contribution in [2.24, 2.45) is 0 Å². The lowest BCUT2D eigenvalue weighted by molar-refractivity contribution is -0.115. The molecule has 0 heterocycles. The maximum atomic E-state index is 12.7. The van der Waals surface area contributed by atoms with Gasteiger partial charge in [0.05, 0.1) is 30.2 Å². The molecule has 0 aliphatic carbocycles. The Kier molecular flexibility index (Phi) is 6.84. The fourth-order valence-corrected chi connectivity index (χ4v) is 3.40. The fraction of sp³-hybridized carbons (Fsp3) is 0.278. The van der Waals surface area contributed by atoms with Gasteiger partial charge in [-0.1, -0.05) is 18.5 Å². The van der Waals surface area contributed by atoms with Gasteiger partial charge in [0.25, 0.3) is 0 Å². The molecule has 0 aromatic heterocycles. The van der Waals surface area contributed by atoms with E-state index in [2.05, 4.69) is 5.32 Å². The van der Waals surface area contributed by atoms with Gasteiger partial charge < -0.3 is 20.5 Å². The largest absolute Gasteiger partial charge is 0.495 e. The summed E-state index contributed by atoms with van der Waals surface area (Å²) in [6.45, 7) is 1.97. The number of methoxy groups -OCH3 is 2. The number of amides is 1. The summed E-state index contributed by atoms with van der Waals surface area (Å²) in [5.74, 6) is 0.852. The van der Waals surface area contributed by atoms with Crippen LogP contribution in [0.2, 0.25) is 5.02 Å². The molecular formula is C18H21ClN2O3S. The number of rotatable bonds is 7. The number of carbonyl (C=O) groups is 1. The molecule has 0 fully saturated rings. The zero-order valence-corrected chi connectivity index (χ0v) is 15.9. The lowest BCUT2D eigenvalue weighted by Gasteiger charge is -2.17. The van der Waals surface area contributed by atoms with Gasteiger partial charge in [-0.2, -0.15) is 0 Å². The van der Waals surface area contributed by atoms with Crippen molar-refractivity contribution in [2.45, 2.75) is 23.5 Å². The highest BCUT2D eigenvalue weighted by Crippen LogP contribution is 2.36. The smallest absolute Gasteiger partial charge is 0.237 e. The minimum Gasteiger partial charge on any atom is -0.495 e. The summed E-state index contributed by atoms with van der Waals surface area (Å²) in [5, 5.41) is 3.03. The molecular weight excluding hydrogens is 360 g/mol. The Labute approximate surface area is 156 Å². The molecule has 5 nitrogen and oxygen atoms in total. The van der Waals surface area contributed by atoms with Crippen LogP contribution in [0.5, 0.6) is 11.5 Å². The van der Waals surface area contributed by atoms with Gasteiger partial charge in [-0.25, -0.2) is 0 Å². The number of nitrogens with two attached hydrogens (primary N) is 1. The lowest BCUT2D eigenvalue weighted by atomic mass is 10.2. The summed E-state index contributed by atoms with van der Waals surface area (Å²) in [5.41, 5.74) is 6.90. The fourth-order valence-electron chi connectivity index (χ4n) is 2.20. The molecule has 0 spiro atoms. The van der Waals surface area contributed by atoms with Gasteiger partial charge in [0, 0.05) is 16.6 Å². The first-order valence-corrected chi connectivity index (χ1v) is 8.98. The first kappa shape index (κ1) is 19.3. The number of nitrogens with one attached hydrogen (secondary N) is 1. The first-order chi connectivity index (χ1) is 12.0. The summed E-state index contributed by atoms with van der Waals surface area (Å²) in [7, 11) is 3.05. The molecule has 7 heteroatoms. The van der Waals surface area contributed by atoms with Crippen molar-refractivity contribution in [2.75, 3.05) is 25.3 Å². The van der Waals surface area contributed by atoms with E-state index in [4.69, 9.17) is 26.8 Å². The molecule has 2 aromatic carbocycles. The molecule has 0 aliphatic heterocycles. The Morgan fingerprint density at radius 2 is 1.84 bits per heavy atom. The minimum atomic E-state index is -0.255. The zero-order valence-electron chi connectivity index (χ0n) is 14.3. The van der Waals surface area contributed by atoms with E-state index in [-0.39, 0.29) is 11.2 Å². The second-order valence-electron chi connectivity index (χ2n) is 5.26. The Balaban J connectivity index is 2.16. The number of hydrogen-bond donors (Lipinski definition) is 2. The molecule has 134 valence electrons. The standard InChI is InChI=1S/C18H21ClN2O3S/c1-4-17(25-12-7-5-11(20)6-8-12)18(22)21-14-9-13(19)15(23-2)10-16(14)24-3/h5-10,17H,4,20H2,1-3H3,(H,21,22). The number of anilines is 2. The van der Waals surface area contributed by atoms with Gasteiger partial charge in [-0.15, -0.1) is 11.8 Å². The summed E-state index contributed by atoms with van der Waals surface area (Å²) >= 11 is 7.64. The minimum absolute atomic E-state index is 0.121. The highest BCUT2D eigenvalue weighted by Gasteiger charge is 2.20. The summed E-state index contributed by atoms with van der Waals surface area (Å²) in [6, 6.07) is 10.7. The molecule has 0 radical (unpaired) electrons. The molecule has 2 rings (SSSR count).